The van der Waals surface area contributed by atoms with Gasteiger partial charge in [-0.15, -0.1) is 0 Å². The number of hydrogen-bond donors (Lipinski definition) is 2. The zero-order valence-electron chi connectivity index (χ0n) is 12.3. The smallest absolute Gasteiger partial charge is 0.257 e. The van der Waals surface area contributed by atoms with E-state index in [9.17, 15) is 4.79 Å². The minimum atomic E-state index is -0.163. The minimum absolute atomic E-state index is 0.163. The van der Waals surface area contributed by atoms with Crippen molar-refractivity contribution in [3.63, 3.8) is 0 Å². The van der Waals surface area contributed by atoms with Crippen LogP contribution < -0.4 is 15.8 Å². The summed E-state index contributed by atoms with van der Waals surface area (Å²) in [4.78, 5) is 12.1. The number of rotatable bonds is 9. The fraction of sp³-hybridized carbons (Fsp3) is 0.533. The minimum Gasteiger partial charge on any atom is -0.496 e. The molecular formula is C15H24N2O2S. The maximum Gasteiger partial charge on any atom is 0.257 e. The van der Waals surface area contributed by atoms with Crippen LogP contribution in [0.4, 0.5) is 5.69 Å². The summed E-state index contributed by atoms with van der Waals surface area (Å²) in [6.07, 6.45) is 6.72. The number of carbonyl (C=O) groups is 1. The highest BCUT2D eigenvalue weighted by molar-refractivity contribution is 7.98. The van der Waals surface area contributed by atoms with E-state index in [4.69, 9.17) is 10.5 Å². The van der Waals surface area contributed by atoms with Crippen LogP contribution in [0.5, 0.6) is 5.75 Å². The first kappa shape index (κ1) is 16.7. The number of amides is 1. The highest BCUT2D eigenvalue weighted by atomic mass is 32.2. The van der Waals surface area contributed by atoms with Crippen molar-refractivity contribution in [3.05, 3.63) is 23.8 Å². The van der Waals surface area contributed by atoms with Gasteiger partial charge in [-0.25, -0.2) is 0 Å². The van der Waals surface area contributed by atoms with Gasteiger partial charge >= 0.3 is 0 Å². The molecule has 0 aromatic heterocycles. The average Bonchev–Trinajstić information content (AvgIpc) is 2.45. The summed E-state index contributed by atoms with van der Waals surface area (Å²) in [5.41, 5.74) is 6.71. The van der Waals surface area contributed by atoms with E-state index in [2.05, 4.69) is 11.6 Å². The second-order valence-electron chi connectivity index (χ2n) is 4.59. The molecule has 0 saturated carbocycles. The first-order valence-electron chi connectivity index (χ1n) is 6.90. The van der Waals surface area contributed by atoms with Gasteiger partial charge in [0.15, 0.2) is 0 Å². The fourth-order valence-electron chi connectivity index (χ4n) is 1.98. The summed E-state index contributed by atoms with van der Waals surface area (Å²) in [5, 5.41) is 2.90. The number of hydrogen-bond acceptors (Lipinski definition) is 4. The molecule has 0 radical (unpaired) electrons. The maximum absolute atomic E-state index is 12.1. The molecular weight excluding hydrogens is 272 g/mol. The molecule has 112 valence electrons. The number of ether oxygens (including phenoxy) is 1. The molecule has 1 amide bonds. The van der Waals surface area contributed by atoms with Crippen LogP contribution in [0.2, 0.25) is 0 Å². The van der Waals surface area contributed by atoms with Gasteiger partial charge in [-0.3, -0.25) is 4.79 Å². The average molecular weight is 296 g/mol. The van der Waals surface area contributed by atoms with Crippen molar-refractivity contribution in [1.82, 2.24) is 5.32 Å². The number of nitrogens with one attached hydrogen (secondary N) is 1. The Morgan fingerprint density at radius 2 is 2.05 bits per heavy atom. The van der Waals surface area contributed by atoms with Crippen molar-refractivity contribution in [2.75, 3.05) is 31.4 Å². The number of methoxy groups -OCH3 is 1. The Morgan fingerprint density at radius 1 is 1.30 bits per heavy atom. The second kappa shape index (κ2) is 9.53. The largest absolute Gasteiger partial charge is 0.496 e. The molecule has 1 aromatic rings. The molecule has 3 N–H and O–H groups in total. The molecule has 20 heavy (non-hydrogen) atoms. The van der Waals surface area contributed by atoms with Gasteiger partial charge in [0.25, 0.3) is 5.91 Å². The number of nitrogen functional groups attached to an aromatic ring is 1. The molecule has 0 aliphatic carbocycles. The van der Waals surface area contributed by atoms with Gasteiger partial charge in [0.1, 0.15) is 11.3 Å². The van der Waals surface area contributed by atoms with Crippen LogP contribution in [-0.2, 0) is 0 Å². The number of benzene rings is 1. The zero-order chi connectivity index (χ0) is 14.8. The molecule has 0 heterocycles. The fourth-order valence-corrected chi connectivity index (χ4v) is 2.47. The maximum atomic E-state index is 12.1. The normalized spacial score (nSPS) is 10.3. The van der Waals surface area contributed by atoms with E-state index in [-0.39, 0.29) is 5.91 Å². The molecule has 0 unspecified atom stereocenters. The van der Waals surface area contributed by atoms with Crippen molar-refractivity contribution in [3.8, 4) is 5.75 Å². The highest BCUT2D eigenvalue weighted by Gasteiger charge is 2.14. The highest BCUT2D eigenvalue weighted by Crippen LogP contribution is 2.23. The van der Waals surface area contributed by atoms with Gasteiger partial charge < -0.3 is 15.8 Å². The van der Waals surface area contributed by atoms with Gasteiger partial charge in [0.05, 0.1) is 7.11 Å². The molecule has 0 saturated heterocycles. The van der Waals surface area contributed by atoms with Crippen molar-refractivity contribution in [2.45, 2.75) is 25.7 Å². The summed E-state index contributed by atoms with van der Waals surface area (Å²) < 4.78 is 5.18. The molecule has 0 spiro atoms. The molecule has 0 aliphatic rings. The number of anilines is 1. The Labute approximate surface area is 125 Å². The quantitative estimate of drug-likeness (QED) is 0.543. The third-order valence-electron chi connectivity index (χ3n) is 3.07. The lowest BCUT2D eigenvalue weighted by molar-refractivity contribution is 0.0951. The molecule has 1 rings (SSSR count). The molecule has 4 nitrogen and oxygen atoms in total. The summed E-state index contributed by atoms with van der Waals surface area (Å²) in [6, 6.07) is 5.23. The number of unbranched alkanes of at least 4 members (excludes halogenated alkanes) is 3. The molecule has 0 atom stereocenters. The molecule has 0 aliphatic heterocycles. The summed E-state index contributed by atoms with van der Waals surface area (Å²) in [6.45, 7) is 0.676. The Morgan fingerprint density at radius 3 is 2.75 bits per heavy atom. The second-order valence-corrected chi connectivity index (χ2v) is 5.57. The molecule has 5 heteroatoms. The summed E-state index contributed by atoms with van der Waals surface area (Å²) >= 11 is 1.88. The van der Waals surface area contributed by atoms with Crippen molar-refractivity contribution < 1.29 is 9.53 Å². The lowest BCUT2D eigenvalue weighted by atomic mass is 10.1. The van der Waals surface area contributed by atoms with Crippen LogP contribution in [0.15, 0.2) is 18.2 Å². The van der Waals surface area contributed by atoms with E-state index >= 15 is 0 Å². The lowest BCUT2D eigenvalue weighted by Crippen LogP contribution is -2.25. The zero-order valence-corrected chi connectivity index (χ0v) is 13.1. The first-order valence-corrected chi connectivity index (χ1v) is 8.29. The SMILES string of the molecule is COc1cccc(N)c1C(=O)NCCCCCCSC. The first-order chi connectivity index (χ1) is 9.70. The Balaban J connectivity index is 2.36. The Hall–Kier alpha value is -1.36. The van der Waals surface area contributed by atoms with E-state index in [0.717, 1.165) is 12.8 Å². The van der Waals surface area contributed by atoms with Crippen molar-refractivity contribution >= 4 is 23.4 Å². The topological polar surface area (TPSA) is 64.3 Å². The van der Waals surface area contributed by atoms with Gasteiger partial charge in [0.2, 0.25) is 0 Å². The third kappa shape index (κ3) is 5.33. The van der Waals surface area contributed by atoms with Crippen LogP contribution in [0.25, 0.3) is 0 Å². The third-order valence-corrected chi connectivity index (χ3v) is 3.76. The molecule has 0 fully saturated rings. The van der Waals surface area contributed by atoms with Crippen molar-refractivity contribution in [2.24, 2.45) is 0 Å². The van der Waals surface area contributed by atoms with E-state index in [0.29, 0.717) is 23.5 Å². The molecule has 0 bridgehead atoms. The number of nitrogens with two attached hydrogens (primary N) is 1. The van der Waals surface area contributed by atoms with Gasteiger partial charge in [0, 0.05) is 12.2 Å². The Bertz CT molecular complexity index is 424. The predicted molar refractivity (Wildman–Crippen MR) is 86.6 cm³/mol. The van der Waals surface area contributed by atoms with Crippen LogP contribution in [0.3, 0.4) is 0 Å². The summed E-state index contributed by atoms with van der Waals surface area (Å²) in [7, 11) is 1.54. The van der Waals surface area contributed by atoms with Crippen LogP contribution >= 0.6 is 11.8 Å². The number of thioether (sulfide) groups is 1. The lowest BCUT2D eigenvalue weighted by Gasteiger charge is -2.11. The standard InChI is InChI=1S/C15H24N2O2S/c1-19-13-9-7-8-12(16)14(13)15(18)17-10-5-3-4-6-11-20-2/h7-9H,3-6,10-11,16H2,1-2H3,(H,17,18). The Kier molecular flexibility index (Phi) is 7.95. The van der Waals surface area contributed by atoms with Gasteiger partial charge in [-0.1, -0.05) is 18.9 Å². The van der Waals surface area contributed by atoms with E-state index in [1.54, 1.807) is 18.2 Å². The van der Waals surface area contributed by atoms with Crippen molar-refractivity contribution in [1.29, 1.82) is 0 Å². The molecule has 1 aromatic carbocycles. The van der Waals surface area contributed by atoms with Crippen LogP contribution in [0, 0.1) is 0 Å². The van der Waals surface area contributed by atoms with E-state index < -0.39 is 0 Å². The summed E-state index contributed by atoms with van der Waals surface area (Å²) in [5.74, 6) is 1.57. The van der Waals surface area contributed by atoms with E-state index in [1.807, 2.05) is 11.8 Å². The predicted octanol–water partition coefficient (Wildman–Crippen LogP) is 2.93. The van der Waals surface area contributed by atoms with Gasteiger partial charge in [-0.2, -0.15) is 11.8 Å². The van der Waals surface area contributed by atoms with Gasteiger partial charge in [-0.05, 0) is 37.0 Å². The van der Waals surface area contributed by atoms with Crippen LogP contribution in [0.1, 0.15) is 36.0 Å². The monoisotopic (exact) mass is 296 g/mol. The number of carbonyl (C=O) groups excluding carboxylic acids is 1. The van der Waals surface area contributed by atoms with Crippen LogP contribution in [-0.4, -0.2) is 31.6 Å². The van der Waals surface area contributed by atoms with E-state index in [1.165, 1.54) is 25.7 Å².